The van der Waals surface area contributed by atoms with Gasteiger partial charge in [-0.3, -0.25) is 33.0 Å². The second kappa shape index (κ2) is 11.3. The summed E-state index contributed by atoms with van der Waals surface area (Å²) in [5.74, 6) is -0.640. The molecule has 1 aliphatic heterocycles. The molecule has 2 aromatic carbocycles. The van der Waals surface area contributed by atoms with Gasteiger partial charge in [-0.25, -0.2) is 9.18 Å². The summed E-state index contributed by atoms with van der Waals surface area (Å²) < 4.78 is 18.8. The van der Waals surface area contributed by atoms with Crippen LogP contribution in [0.15, 0.2) is 56.8 Å². The van der Waals surface area contributed by atoms with Crippen LogP contribution in [0.5, 0.6) is 0 Å². The number of carbonyl (C=O) groups excluding carboxylic acids is 1. The number of hydrogen-bond acceptors (Lipinski definition) is 7. The summed E-state index contributed by atoms with van der Waals surface area (Å²) in [6.07, 6.45) is 1.34. The number of piperazine rings is 1. The van der Waals surface area contributed by atoms with Crippen molar-refractivity contribution in [3.05, 3.63) is 90.6 Å². The average Bonchev–Trinajstić information content (AvgIpc) is 3.81. The van der Waals surface area contributed by atoms with Crippen LogP contribution >= 0.6 is 0 Å². The molecule has 2 aromatic heterocycles. The van der Waals surface area contributed by atoms with Crippen LogP contribution in [-0.2, 0) is 11.8 Å². The first-order valence-corrected chi connectivity index (χ1v) is 14.4. The molecule has 0 spiro atoms. The van der Waals surface area contributed by atoms with E-state index in [-0.39, 0.29) is 46.5 Å². The number of aromatic nitrogens is 3. The molecular weight excluding hydrogens is 553 g/mol. The Morgan fingerprint density at radius 1 is 1.02 bits per heavy atom. The molecule has 43 heavy (non-hydrogen) atoms. The average molecular weight is 588 g/mol. The zero-order chi connectivity index (χ0) is 30.4. The fourth-order valence-electron chi connectivity index (χ4n) is 5.70. The molecule has 2 aliphatic rings. The number of carbonyl (C=O) groups is 1. The molecule has 224 valence electrons. The van der Waals surface area contributed by atoms with Gasteiger partial charge < -0.3 is 16.0 Å². The molecule has 2 fully saturated rings. The van der Waals surface area contributed by atoms with Gasteiger partial charge in [0.1, 0.15) is 17.0 Å². The first-order valence-electron chi connectivity index (χ1n) is 14.4. The maximum Gasteiger partial charge on any atom is 0.336 e. The molecule has 12 heteroatoms. The number of anilines is 3. The van der Waals surface area contributed by atoms with E-state index in [1.54, 1.807) is 50.2 Å². The topological polar surface area (TPSA) is 122 Å². The predicted octanol–water partition coefficient (Wildman–Crippen LogP) is 2.53. The van der Waals surface area contributed by atoms with E-state index in [9.17, 15) is 23.6 Å². The summed E-state index contributed by atoms with van der Waals surface area (Å²) in [5.41, 5.74) is 0.426. The molecule has 4 aromatic rings. The van der Waals surface area contributed by atoms with E-state index >= 15 is 0 Å². The smallest absolute Gasteiger partial charge is 0.336 e. The molecule has 0 unspecified atom stereocenters. The minimum absolute atomic E-state index is 0.0852. The second-order valence-electron chi connectivity index (χ2n) is 11.3. The van der Waals surface area contributed by atoms with E-state index in [1.807, 2.05) is 0 Å². The van der Waals surface area contributed by atoms with Gasteiger partial charge in [-0.05, 0) is 62.6 Å². The molecular formula is C31H34FN7O4. The molecule has 6 rings (SSSR count). The minimum Gasteiger partial charge on any atom is -0.338 e. The lowest BCUT2D eigenvalue weighted by atomic mass is 10.1. The highest BCUT2D eigenvalue weighted by Gasteiger charge is 2.31. The van der Waals surface area contributed by atoms with E-state index in [2.05, 4.69) is 20.9 Å². The normalized spacial score (nSPS) is 15.5. The van der Waals surface area contributed by atoms with E-state index in [1.165, 1.54) is 26.8 Å². The number of pyridine rings is 1. The van der Waals surface area contributed by atoms with Gasteiger partial charge in [0.25, 0.3) is 11.1 Å². The molecule has 0 atom stereocenters. The predicted molar refractivity (Wildman–Crippen MR) is 164 cm³/mol. The van der Waals surface area contributed by atoms with Crippen molar-refractivity contribution in [1.29, 1.82) is 0 Å². The summed E-state index contributed by atoms with van der Waals surface area (Å²) >= 11 is 0. The number of fused-ring (bicyclic) bond motifs is 1. The van der Waals surface area contributed by atoms with Crippen molar-refractivity contribution in [1.82, 2.24) is 23.9 Å². The van der Waals surface area contributed by atoms with Crippen molar-refractivity contribution in [3.63, 3.8) is 0 Å². The van der Waals surface area contributed by atoms with Gasteiger partial charge >= 0.3 is 5.69 Å². The third-order valence-corrected chi connectivity index (χ3v) is 8.10. The molecule has 1 saturated carbocycles. The Bertz CT molecular complexity index is 1930. The molecule has 0 bridgehead atoms. The minimum atomic E-state index is -0.576. The number of amides is 1. The largest absolute Gasteiger partial charge is 0.338 e. The standard InChI is InChI=1S/C31H34FN7O4/c1-18-7-10-24(23(32)15-18)35-28-26-27(19(2)29(41)36(28)3)38(31(43)39(30(26)42)21-8-9-21)22-6-4-5-20(16-22)34-25(40)17-37-13-11-33-12-14-37/h4-7,10,15-16,21,33,35H,8-9,11-14,17H2,1-3H3,(H,34,40). The maximum atomic E-state index is 14.9. The van der Waals surface area contributed by atoms with Gasteiger partial charge in [0, 0.05) is 50.5 Å². The monoisotopic (exact) mass is 587 g/mol. The van der Waals surface area contributed by atoms with E-state index < -0.39 is 22.6 Å². The van der Waals surface area contributed by atoms with Crippen molar-refractivity contribution in [3.8, 4) is 5.69 Å². The van der Waals surface area contributed by atoms with E-state index in [0.29, 0.717) is 24.2 Å². The van der Waals surface area contributed by atoms with Crippen molar-refractivity contribution in [2.45, 2.75) is 32.7 Å². The Labute approximate surface area is 246 Å². The molecule has 1 saturated heterocycles. The van der Waals surface area contributed by atoms with E-state index in [0.717, 1.165) is 31.7 Å². The first kappa shape index (κ1) is 28.6. The van der Waals surface area contributed by atoms with Crippen LogP contribution < -0.4 is 32.8 Å². The van der Waals surface area contributed by atoms with Gasteiger partial charge in [-0.2, -0.15) is 0 Å². The Morgan fingerprint density at radius 2 is 1.77 bits per heavy atom. The number of nitrogens with one attached hydrogen (secondary N) is 3. The Hall–Kier alpha value is -4.55. The van der Waals surface area contributed by atoms with Crippen LogP contribution in [0.1, 0.15) is 30.0 Å². The Kier molecular flexibility index (Phi) is 7.49. The van der Waals surface area contributed by atoms with E-state index in [4.69, 9.17) is 0 Å². The molecule has 0 radical (unpaired) electrons. The van der Waals surface area contributed by atoms with Crippen molar-refractivity contribution in [2.75, 3.05) is 43.4 Å². The summed E-state index contributed by atoms with van der Waals surface area (Å²) in [4.78, 5) is 56.5. The Morgan fingerprint density at radius 3 is 2.47 bits per heavy atom. The van der Waals surface area contributed by atoms with Crippen molar-refractivity contribution in [2.24, 2.45) is 7.05 Å². The lowest BCUT2D eigenvalue weighted by Crippen LogP contribution is -2.46. The molecule has 11 nitrogen and oxygen atoms in total. The lowest BCUT2D eigenvalue weighted by Gasteiger charge is -2.26. The number of nitrogens with zero attached hydrogens (tertiary/aromatic N) is 4. The molecule has 1 amide bonds. The van der Waals surface area contributed by atoms with Gasteiger partial charge in [0.2, 0.25) is 5.91 Å². The highest BCUT2D eigenvalue weighted by atomic mass is 19.1. The number of aryl methyl sites for hydroxylation is 2. The van der Waals surface area contributed by atoms with Crippen LogP contribution in [0.4, 0.5) is 21.6 Å². The van der Waals surface area contributed by atoms with Crippen LogP contribution in [0.2, 0.25) is 0 Å². The second-order valence-corrected chi connectivity index (χ2v) is 11.3. The zero-order valence-corrected chi connectivity index (χ0v) is 24.4. The quantitative estimate of drug-likeness (QED) is 0.304. The highest BCUT2D eigenvalue weighted by Crippen LogP contribution is 2.34. The lowest BCUT2D eigenvalue weighted by molar-refractivity contribution is -0.117. The number of benzene rings is 2. The van der Waals surface area contributed by atoms with Crippen molar-refractivity contribution < 1.29 is 9.18 Å². The van der Waals surface area contributed by atoms with Crippen LogP contribution in [-0.4, -0.2) is 57.2 Å². The summed E-state index contributed by atoms with van der Waals surface area (Å²) in [7, 11) is 1.51. The van der Waals surface area contributed by atoms with Gasteiger partial charge in [0.05, 0.1) is 23.4 Å². The third-order valence-electron chi connectivity index (χ3n) is 8.10. The Balaban J connectivity index is 1.52. The fraction of sp³-hybridized carbons (Fsp3) is 0.355. The zero-order valence-electron chi connectivity index (χ0n) is 24.4. The number of hydrogen-bond donors (Lipinski definition) is 3. The van der Waals surface area contributed by atoms with Gasteiger partial charge in [0.15, 0.2) is 0 Å². The fourth-order valence-corrected chi connectivity index (χ4v) is 5.70. The SMILES string of the molecule is Cc1ccc(Nc2c3c(=O)n(C4CC4)c(=O)n(-c4cccc(NC(=O)CN5CCNCC5)c4)c3c(C)c(=O)n2C)c(F)c1. The first-order chi connectivity index (χ1) is 20.6. The highest BCUT2D eigenvalue weighted by molar-refractivity contribution is 5.95. The van der Waals surface area contributed by atoms with Crippen LogP contribution in [0.25, 0.3) is 16.6 Å². The van der Waals surface area contributed by atoms with Gasteiger partial charge in [-0.1, -0.05) is 12.1 Å². The molecule has 1 aliphatic carbocycles. The summed E-state index contributed by atoms with van der Waals surface area (Å²) in [6, 6.07) is 11.1. The number of rotatable bonds is 7. The molecule has 3 heterocycles. The van der Waals surface area contributed by atoms with Crippen LogP contribution in [0.3, 0.4) is 0 Å². The van der Waals surface area contributed by atoms with Crippen molar-refractivity contribution >= 4 is 34.0 Å². The number of halogens is 1. The van der Waals surface area contributed by atoms with Gasteiger partial charge in [-0.15, -0.1) is 0 Å². The summed E-state index contributed by atoms with van der Waals surface area (Å²) in [5, 5.41) is 9.24. The molecule has 3 N–H and O–H groups in total. The van der Waals surface area contributed by atoms with Crippen LogP contribution in [0, 0.1) is 19.7 Å². The third kappa shape index (κ3) is 5.39. The summed E-state index contributed by atoms with van der Waals surface area (Å²) in [6.45, 7) is 6.75. The maximum absolute atomic E-state index is 14.9.